The Balaban J connectivity index is 1.61. The molecule has 6 heteroatoms. The number of halogens is 1. The minimum absolute atomic E-state index is 0.141. The predicted octanol–water partition coefficient (Wildman–Crippen LogP) is 2.71. The van der Waals surface area contributed by atoms with Crippen LogP contribution >= 0.6 is 0 Å². The van der Waals surface area contributed by atoms with E-state index in [1.807, 2.05) is 6.92 Å². The fraction of sp³-hybridized carbons (Fsp3) is 0.529. The minimum Gasteiger partial charge on any atom is -0.492 e. The molecule has 1 heterocycles. The molecule has 1 aromatic rings. The summed E-state index contributed by atoms with van der Waals surface area (Å²) in [4.78, 5) is 26.1. The lowest BCUT2D eigenvalue weighted by Crippen LogP contribution is -2.54. The molecule has 1 N–H and O–H groups in total. The second-order valence-electron chi connectivity index (χ2n) is 6.31. The van der Waals surface area contributed by atoms with Gasteiger partial charge in [-0.1, -0.05) is 19.8 Å². The first kappa shape index (κ1) is 15.8. The summed E-state index contributed by atoms with van der Waals surface area (Å²) in [6, 6.07) is 5.31. The highest BCUT2D eigenvalue weighted by Gasteiger charge is 2.54. The maximum atomic E-state index is 12.8. The van der Waals surface area contributed by atoms with E-state index < -0.39 is 5.54 Å². The van der Waals surface area contributed by atoms with Crippen molar-refractivity contribution in [2.75, 3.05) is 13.2 Å². The molecule has 5 nitrogen and oxygen atoms in total. The molecule has 1 spiro atoms. The van der Waals surface area contributed by atoms with Gasteiger partial charge in [0.05, 0.1) is 6.54 Å². The molecule has 2 fully saturated rings. The van der Waals surface area contributed by atoms with Crippen LogP contribution < -0.4 is 10.1 Å². The van der Waals surface area contributed by atoms with E-state index in [1.54, 1.807) is 0 Å². The Morgan fingerprint density at radius 1 is 1.30 bits per heavy atom. The molecule has 2 atom stereocenters. The Bertz CT molecular complexity index is 604. The van der Waals surface area contributed by atoms with E-state index in [0.29, 0.717) is 12.2 Å². The van der Waals surface area contributed by atoms with Gasteiger partial charge >= 0.3 is 6.03 Å². The minimum atomic E-state index is -0.731. The van der Waals surface area contributed by atoms with Crippen LogP contribution in [0.2, 0.25) is 0 Å². The highest BCUT2D eigenvalue weighted by Crippen LogP contribution is 2.38. The fourth-order valence-electron chi connectivity index (χ4n) is 3.48. The lowest BCUT2D eigenvalue weighted by atomic mass is 9.73. The van der Waals surface area contributed by atoms with Gasteiger partial charge in [-0.25, -0.2) is 9.18 Å². The number of urea groups is 1. The molecule has 1 saturated carbocycles. The maximum Gasteiger partial charge on any atom is 0.325 e. The molecule has 124 valence electrons. The molecule has 1 aliphatic heterocycles. The molecule has 0 aromatic heterocycles. The van der Waals surface area contributed by atoms with Crippen molar-refractivity contribution in [2.45, 2.75) is 38.1 Å². The zero-order valence-electron chi connectivity index (χ0n) is 13.2. The number of benzene rings is 1. The van der Waals surface area contributed by atoms with Crippen LogP contribution in [0.25, 0.3) is 0 Å². The third kappa shape index (κ3) is 2.90. The molecule has 1 aliphatic carbocycles. The third-order valence-corrected chi connectivity index (χ3v) is 4.90. The smallest absolute Gasteiger partial charge is 0.325 e. The molecule has 2 aliphatic rings. The first-order valence-electron chi connectivity index (χ1n) is 8.05. The van der Waals surface area contributed by atoms with Gasteiger partial charge in [0.25, 0.3) is 5.91 Å². The van der Waals surface area contributed by atoms with Crippen LogP contribution in [0.5, 0.6) is 5.75 Å². The second kappa shape index (κ2) is 6.18. The Hall–Kier alpha value is -2.11. The van der Waals surface area contributed by atoms with Crippen LogP contribution in [0.15, 0.2) is 24.3 Å². The molecule has 23 heavy (non-hydrogen) atoms. The summed E-state index contributed by atoms with van der Waals surface area (Å²) in [7, 11) is 0. The fourth-order valence-corrected chi connectivity index (χ4v) is 3.48. The average Bonchev–Trinajstić information content (AvgIpc) is 2.77. The molecule has 3 amide bonds. The zero-order chi connectivity index (χ0) is 16.4. The number of carbonyl (C=O) groups is 2. The van der Waals surface area contributed by atoms with Gasteiger partial charge in [-0.15, -0.1) is 0 Å². The second-order valence-corrected chi connectivity index (χ2v) is 6.31. The van der Waals surface area contributed by atoms with E-state index in [-0.39, 0.29) is 36.8 Å². The van der Waals surface area contributed by atoms with E-state index in [4.69, 9.17) is 4.74 Å². The van der Waals surface area contributed by atoms with Crippen LogP contribution in [0.4, 0.5) is 9.18 Å². The Morgan fingerprint density at radius 2 is 2.04 bits per heavy atom. The molecule has 1 aromatic carbocycles. The first-order valence-corrected chi connectivity index (χ1v) is 8.05. The van der Waals surface area contributed by atoms with E-state index in [0.717, 1.165) is 19.3 Å². The van der Waals surface area contributed by atoms with Gasteiger partial charge in [0.15, 0.2) is 0 Å². The van der Waals surface area contributed by atoms with Crippen molar-refractivity contribution in [3.05, 3.63) is 30.1 Å². The van der Waals surface area contributed by atoms with E-state index in [9.17, 15) is 14.0 Å². The third-order valence-electron chi connectivity index (χ3n) is 4.90. The quantitative estimate of drug-likeness (QED) is 0.868. The van der Waals surface area contributed by atoms with Crippen LogP contribution in [-0.4, -0.2) is 35.5 Å². The van der Waals surface area contributed by atoms with Crippen LogP contribution in [0.1, 0.15) is 32.6 Å². The average molecular weight is 320 g/mol. The van der Waals surface area contributed by atoms with Crippen LogP contribution in [-0.2, 0) is 4.79 Å². The number of amides is 3. The SMILES string of the molecule is C[C@H]1CCCC[C@]12NC(=O)N(CCOc1ccc(F)cc1)C2=O. The van der Waals surface area contributed by atoms with Gasteiger partial charge in [0.1, 0.15) is 23.7 Å². The number of hydrogen-bond donors (Lipinski definition) is 1. The normalized spacial score (nSPS) is 27.4. The summed E-state index contributed by atoms with van der Waals surface area (Å²) >= 11 is 0. The lowest BCUT2D eigenvalue weighted by molar-refractivity contribution is -0.134. The monoisotopic (exact) mass is 320 g/mol. The number of nitrogens with zero attached hydrogens (tertiary/aromatic N) is 1. The number of hydrogen-bond acceptors (Lipinski definition) is 3. The van der Waals surface area contributed by atoms with Crippen LogP contribution in [0, 0.1) is 11.7 Å². The number of carbonyl (C=O) groups excluding carboxylic acids is 2. The summed E-state index contributed by atoms with van der Waals surface area (Å²) in [5, 5.41) is 2.91. The van der Waals surface area contributed by atoms with Crippen molar-refractivity contribution in [3.63, 3.8) is 0 Å². The van der Waals surface area contributed by atoms with E-state index >= 15 is 0 Å². The summed E-state index contributed by atoms with van der Waals surface area (Å²) in [5.74, 6) is 0.187. The van der Waals surface area contributed by atoms with E-state index in [2.05, 4.69) is 5.32 Å². The van der Waals surface area contributed by atoms with Crippen molar-refractivity contribution < 1.29 is 18.7 Å². The summed E-state index contributed by atoms with van der Waals surface area (Å²) in [6.07, 6.45) is 3.70. The Kier molecular flexibility index (Phi) is 4.24. The Morgan fingerprint density at radius 3 is 2.74 bits per heavy atom. The van der Waals surface area contributed by atoms with Crippen LogP contribution in [0.3, 0.4) is 0 Å². The van der Waals surface area contributed by atoms with Gasteiger partial charge in [-0.3, -0.25) is 9.69 Å². The summed E-state index contributed by atoms with van der Waals surface area (Å²) in [5.41, 5.74) is -0.731. The van der Waals surface area contributed by atoms with Gasteiger partial charge in [-0.2, -0.15) is 0 Å². The molecular formula is C17H21FN2O3. The molecular weight excluding hydrogens is 299 g/mol. The van der Waals surface area contributed by atoms with Gasteiger partial charge in [-0.05, 0) is 43.0 Å². The highest BCUT2D eigenvalue weighted by atomic mass is 19.1. The summed E-state index contributed by atoms with van der Waals surface area (Å²) in [6.45, 7) is 2.40. The Labute approximate surface area is 134 Å². The van der Waals surface area contributed by atoms with Crippen molar-refractivity contribution >= 4 is 11.9 Å². The molecule has 1 saturated heterocycles. The van der Waals surface area contributed by atoms with Crippen molar-refractivity contribution in [3.8, 4) is 5.75 Å². The standard InChI is InChI=1S/C17H21FN2O3/c1-12-4-2-3-9-17(12)15(21)20(16(22)19-17)10-11-23-14-7-5-13(18)6-8-14/h5-8,12H,2-4,9-11H2,1H3,(H,19,22)/t12-,17-/m0/s1. The topological polar surface area (TPSA) is 58.6 Å². The number of nitrogens with one attached hydrogen (secondary N) is 1. The first-order chi connectivity index (χ1) is 11.0. The number of ether oxygens (including phenoxy) is 1. The summed E-state index contributed by atoms with van der Waals surface area (Å²) < 4.78 is 18.3. The van der Waals surface area contributed by atoms with Gasteiger partial charge in [0.2, 0.25) is 0 Å². The molecule has 0 bridgehead atoms. The lowest BCUT2D eigenvalue weighted by Gasteiger charge is -2.36. The number of imide groups is 1. The maximum absolute atomic E-state index is 12.8. The number of rotatable bonds is 4. The van der Waals surface area contributed by atoms with Gasteiger partial charge < -0.3 is 10.1 Å². The predicted molar refractivity (Wildman–Crippen MR) is 82.5 cm³/mol. The molecule has 3 rings (SSSR count). The molecule has 0 radical (unpaired) electrons. The van der Waals surface area contributed by atoms with Crippen molar-refractivity contribution in [1.82, 2.24) is 10.2 Å². The van der Waals surface area contributed by atoms with Crippen molar-refractivity contribution in [1.29, 1.82) is 0 Å². The zero-order valence-corrected chi connectivity index (χ0v) is 13.2. The largest absolute Gasteiger partial charge is 0.492 e. The van der Waals surface area contributed by atoms with Gasteiger partial charge in [0, 0.05) is 0 Å². The molecule has 0 unspecified atom stereocenters. The van der Waals surface area contributed by atoms with Crippen molar-refractivity contribution in [2.24, 2.45) is 5.92 Å². The highest BCUT2D eigenvalue weighted by molar-refractivity contribution is 6.07. The van der Waals surface area contributed by atoms with E-state index in [1.165, 1.54) is 29.2 Å².